The molecule has 0 unspecified atom stereocenters. The smallest absolute Gasteiger partial charge is 0.258 e. The molecule has 0 spiro atoms. The van der Waals surface area contributed by atoms with Crippen LogP contribution in [0.1, 0.15) is 18.5 Å². The van der Waals surface area contributed by atoms with Gasteiger partial charge in [-0.2, -0.15) is 0 Å². The van der Waals surface area contributed by atoms with E-state index in [1.807, 2.05) is 25.1 Å². The van der Waals surface area contributed by atoms with Crippen molar-refractivity contribution in [2.45, 2.75) is 13.0 Å². The molecular formula is C17H15Cl2NO4. The third-order valence-corrected chi connectivity index (χ3v) is 4.27. The molecule has 0 aromatic heterocycles. The molecule has 0 fully saturated rings. The molecular weight excluding hydrogens is 353 g/mol. The van der Waals surface area contributed by atoms with E-state index in [4.69, 9.17) is 37.4 Å². The second kappa shape index (κ2) is 7.20. The molecule has 0 bridgehead atoms. The Morgan fingerprint density at radius 1 is 1.17 bits per heavy atom. The molecule has 0 saturated carbocycles. The standard InChI is InChI=1S/C17H15Cl2NO4/c1-10(11-2-5-15-16(6-11)24-9-23-15)20-17(21)8-22-12-3-4-13(18)14(19)7-12/h2-7,10H,8-9H2,1H3,(H,20,21)/t10-/m1/s1. The van der Waals surface area contributed by atoms with Gasteiger partial charge in [-0.05, 0) is 36.8 Å². The lowest BCUT2D eigenvalue weighted by Crippen LogP contribution is -2.31. The highest BCUT2D eigenvalue weighted by atomic mass is 35.5. The third-order valence-electron chi connectivity index (χ3n) is 3.54. The monoisotopic (exact) mass is 367 g/mol. The zero-order valence-electron chi connectivity index (χ0n) is 12.8. The fourth-order valence-electron chi connectivity index (χ4n) is 2.26. The van der Waals surface area contributed by atoms with Crippen LogP contribution in [0, 0.1) is 0 Å². The van der Waals surface area contributed by atoms with Crippen molar-refractivity contribution in [3.8, 4) is 17.2 Å². The predicted molar refractivity (Wildman–Crippen MR) is 91.1 cm³/mol. The van der Waals surface area contributed by atoms with Gasteiger partial charge in [0.1, 0.15) is 5.75 Å². The van der Waals surface area contributed by atoms with E-state index in [0.717, 1.165) is 5.56 Å². The summed E-state index contributed by atoms with van der Waals surface area (Å²) in [5.74, 6) is 1.63. The average molecular weight is 368 g/mol. The molecule has 2 aromatic carbocycles. The van der Waals surface area contributed by atoms with Crippen molar-refractivity contribution in [2.24, 2.45) is 0 Å². The van der Waals surface area contributed by atoms with Crippen LogP contribution in [0.4, 0.5) is 0 Å². The number of halogens is 2. The van der Waals surface area contributed by atoms with Crippen LogP contribution in [-0.4, -0.2) is 19.3 Å². The van der Waals surface area contributed by atoms with E-state index in [1.54, 1.807) is 18.2 Å². The van der Waals surface area contributed by atoms with Crippen LogP contribution in [0.25, 0.3) is 0 Å². The summed E-state index contributed by atoms with van der Waals surface area (Å²) < 4.78 is 16.0. The Hall–Kier alpha value is -2.11. The van der Waals surface area contributed by atoms with Crippen LogP contribution < -0.4 is 19.5 Å². The van der Waals surface area contributed by atoms with Crippen LogP contribution in [0.15, 0.2) is 36.4 Å². The van der Waals surface area contributed by atoms with Crippen molar-refractivity contribution in [1.82, 2.24) is 5.32 Å². The Balaban J connectivity index is 1.55. The molecule has 0 saturated heterocycles. The molecule has 126 valence electrons. The first-order valence-electron chi connectivity index (χ1n) is 7.29. The lowest BCUT2D eigenvalue weighted by atomic mass is 10.1. The number of hydrogen-bond donors (Lipinski definition) is 1. The van der Waals surface area contributed by atoms with Gasteiger partial charge in [-0.25, -0.2) is 0 Å². The van der Waals surface area contributed by atoms with Crippen molar-refractivity contribution in [2.75, 3.05) is 13.4 Å². The van der Waals surface area contributed by atoms with Gasteiger partial charge in [-0.3, -0.25) is 4.79 Å². The van der Waals surface area contributed by atoms with Crippen molar-refractivity contribution in [3.05, 3.63) is 52.0 Å². The second-order valence-corrected chi connectivity index (χ2v) is 6.08. The van der Waals surface area contributed by atoms with Crippen molar-refractivity contribution in [3.63, 3.8) is 0 Å². The van der Waals surface area contributed by atoms with Crippen LogP contribution in [0.3, 0.4) is 0 Å². The van der Waals surface area contributed by atoms with E-state index >= 15 is 0 Å². The molecule has 1 amide bonds. The maximum Gasteiger partial charge on any atom is 0.258 e. The molecule has 0 aliphatic carbocycles. The average Bonchev–Trinajstić information content (AvgIpc) is 3.03. The number of carbonyl (C=O) groups is 1. The number of carbonyl (C=O) groups excluding carboxylic acids is 1. The van der Waals surface area contributed by atoms with Crippen molar-refractivity contribution in [1.29, 1.82) is 0 Å². The van der Waals surface area contributed by atoms with Crippen LogP contribution in [0.5, 0.6) is 17.2 Å². The zero-order valence-corrected chi connectivity index (χ0v) is 14.4. The summed E-state index contributed by atoms with van der Waals surface area (Å²) in [6.45, 7) is 1.98. The summed E-state index contributed by atoms with van der Waals surface area (Å²) >= 11 is 11.7. The molecule has 3 rings (SSSR count). The van der Waals surface area contributed by atoms with Gasteiger partial charge in [0, 0.05) is 6.07 Å². The minimum Gasteiger partial charge on any atom is -0.484 e. The number of amides is 1. The van der Waals surface area contributed by atoms with E-state index in [9.17, 15) is 4.79 Å². The second-order valence-electron chi connectivity index (χ2n) is 5.27. The minimum absolute atomic E-state index is 0.118. The lowest BCUT2D eigenvalue weighted by molar-refractivity contribution is -0.123. The summed E-state index contributed by atoms with van der Waals surface area (Å²) in [5.41, 5.74) is 0.919. The van der Waals surface area contributed by atoms with Gasteiger partial charge in [0.15, 0.2) is 18.1 Å². The van der Waals surface area contributed by atoms with Gasteiger partial charge in [-0.1, -0.05) is 29.3 Å². The van der Waals surface area contributed by atoms with E-state index in [-0.39, 0.29) is 25.3 Å². The highest BCUT2D eigenvalue weighted by Crippen LogP contribution is 2.34. The predicted octanol–water partition coefficient (Wildman–Crippen LogP) is 3.98. The number of nitrogens with one attached hydrogen (secondary N) is 1. The van der Waals surface area contributed by atoms with Gasteiger partial charge < -0.3 is 19.5 Å². The Labute approximate surface area is 149 Å². The molecule has 1 atom stereocenters. The third kappa shape index (κ3) is 3.86. The lowest BCUT2D eigenvalue weighted by Gasteiger charge is -2.15. The largest absolute Gasteiger partial charge is 0.484 e. The molecule has 2 aromatic rings. The van der Waals surface area contributed by atoms with Gasteiger partial charge in [-0.15, -0.1) is 0 Å². The first-order valence-corrected chi connectivity index (χ1v) is 8.05. The summed E-state index contributed by atoms with van der Waals surface area (Å²) in [7, 11) is 0. The van der Waals surface area contributed by atoms with Crippen molar-refractivity contribution < 1.29 is 19.0 Å². The summed E-state index contributed by atoms with van der Waals surface area (Å²) in [5, 5.41) is 3.68. The Bertz CT molecular complexity index is 766. The fourth-order valence-corrected chi connectivity index (χ4v) is 2.55. The highest BCUT2D eigenvalue weighted by Gasteiger charge is 2.17. The molecule has 1 N–H and O–H groups in total. The topological polar surface area (TPSA) is 56.8 Å². The Kier molecular flexibility index (Phi) is 5.02. The van der Waals surface area contributed by atoms with E-state index in [0.29, 0.717) is 27.3 Å². The van der Waals surface area contributed by atoms with Crippen LogP contribution in [-0.2, 0) is 4.79 Å². The molecule has 1 aliphatic heterocycles. The summed E-state index contributed by atoms with van der Waals surface area (Å²) in [6.07, 6.45) is 0. The molecule has 1 aliphatic rings. The molecule has 1 heterocycles. The first-order chi connectivity index (χ1) is 11.5. The Morgan fingerprint density at radius 3 is 2.75 bits per heavy atom. The van der Waals surface area contributed by atoms with Gasteiger partial charge in [0.05, 0.1) is 16.1 Å². The fraction of sp³-hybridized carbons (Fsp3) is 0.235. The zero-order chi connectivity index (χ0) is 17.1. The van der Waals surface area contributed by atoms with E-state index in [2.05, 4.69) is 5.32 Å². The normalized spacial score (nSPS) is 13.5. The SMILES string of the molecule is C[C@@H](NC(=O)COc1ccc(Cl)c(Cl)c1)c1ccc2c(c1)OCO2. The van der Waals surface area contributed by atoms with Gasteiger partial charge in [0.2, 0.25) is 6.79 Å². The maximum atomic E-state index is 12.0. The maximum absolute atomic E-state index is 12.0. The van der Waals surface area contributed by atoms with Crippen LogP contribution >= 0.6 is 23.2 Å². The molecule has 0 radical (unpaired) electrons. The van der Waals surface area contributed by atoms with Crippen molar-refractivity contribution >= 4 is 29.1 Å². The number of hydrogen-bond acceptors (Lipinski definition) is 4. The Morgan fingerprint density at radius 2 is 1.96 bits per heavy atom. The van der Waals surface area contributed by atoms with Crippen LogP contribution in [0.2, 0.25) is 10.0 Å². The number of ether oxygens (including phenoxy) is 3. The molecule has 24 heavy (non-hydrogen) atoms. The minimum atomic E-state index is -0.244. The van der Waals surface area contributed by atoms with E-state index in [1.165, 1.54) is 0 Å². The van der Waals surface area contributed by atoms with E-state index < -0.39 is 0 Å². The molecule has 7 heteroatoms. The summed E-state index contributed by atoms with van der Waals surface area (Å²) in [6, 6.07) is 10.2. The number of benzene rings is 2. The quantitative estimate of drug-likeness (QED) is 0.868. The number of rotatable bonds is 5. The number of fused-ring (bicyclic) bond motifs is 1. The summed E-state index contributed by atoms with van der Waals surface area (Å²) in [4.78, 5) is 12.0. The van der Waals surface area contributed by atoms with Gasteiger partial charge >= 0.3 is 0 Å². The van der Waals surface area contributed by atoms with Gasteiger partial charge in [0.25, 0.3) is 5.91 Å². The molecule has 5 nitrogen and oxygen atoms in total. The highest BCUT2D eigenvalue weighted by molar-refractivity contribution is 6.42. The first kappa shape index (κ1) is 16.7.